The zero-order chi connectivity index (χ0) is 11.4. The van der Waals surface area contributed by atoms with Crippen molar-refractivity contribution in [2.24, 2.45) is 0 Å². The van der Waals surface area contributed by atoms with Crippen LogP contribution in [0.15, 0.2) is 10.8 Å². The van der Waals surface area contributed by atoms with E-state index in [1.54, 1.807) is 0 Å². The normalized spacial score (nSPS) is 19.9. The summed E-state index contributed by atoms with van der Waals surface area (Å²) in [6, 6.07) is 0. The first kappa shape index (κ1) is 11.1. The van der Waals surface area contributed by atoms with Gasteiger partial charge in [-0.1, -0.05) is 0 Å². The summed E-state index contributed by atoms with van der Waals surface area (Å²) in [6.45, 7) is 0.790. The van der Waals surface area contributed by atoms with Crippen LogP contribution in [0.2, 0.25) is 0 Å². The molecule has 2 heterocycles. The topological polar surface area (TPSA) is 84.6 Å². The van der Waals surface area contributed by atoms with Gasteiger partial charge in [0.1, 0.15) is 6.10 Å². The van der Waals surface area contributed by atoms with Crippen LogP contribution in [0.1, 0.15) is 35.2 Å². The van der Waals surface area contributed by atoms with E-state index in [0.717, 1.165) is 12.8 Å². The summed E-state index contributed by atoms with van der Waals surface area (Å²) >= 11 is 0. The Morgan fingerprint density at radius 2 is 2.56 bits per heavy atom. The highest BCUT2D eigenvalue weighted by Gasteiger charge is 2.27. The van der Waals surface area contributed by atoms with Gasteiger partial charge in [-0.05, 0) is 12.8 Å². The Kier molecular flexibility index (Phi) is 3.53. The van der Waals surface area contributed by atoms with Crippen LogP contribution >= 0.6 is 0 Å². The lowest BCUT2D eigenvalue weighted by Gasteiger charge is -2.07. The van der Waals surface area contributed by atoms with Gasteiger partial charge < -0.3 is 19.6 Å². The smallest absolute Gasteiger partial charge is 0.273 e. The molecule has 2 N–H and O–H groups in total. The fourth-order valence-corrected chi connectivity index (χ4v) is 1.69. The van der Waals surface area contributed by atoms with E-state index in [2.05, 4.69) is 10.3 Å². The monoisotopic (exact) mass is 226 g/mol. The Bertz CT molecular complexity index is 357. The van der Waals surface area contributed by atoms with E-state index in [4.69, 9.17) is 14.3 Å². The SMILES string of the molecule is O=C(NCCO)c1ncoc1C1CCCO1. The molecular formula is C10H14N2O4. The summed E-state index contributed by atoms with van der Waals surface area (Å²) < 4.78 is 10.6. The number of ether oxygens (including phenoxy) is 1. The third-order valence-electron chi connectivity index (χ3n) is 2.43. The first-order chi connectivity index (χ1) is 7.83. The van der Waals surface area contributed by atoms with Gasteiger partial charge >= 0.3 is 0 Å². The molecule has 6 heteroatoms. The number of nitrogens with one attached hydrogen (secondary N) is 1. The summed E-state index contributed by atoms with van der Waals surface area (Å²) in [7, 11) is 0. The molecule has 1 fully saturated rings. The zero-order valence-electron chi connectivity index (χ0n) is 8.81. The Labute approximate surface area is 92.6 Å². The first-order valence-electron chi connectivity index (χ1n) is 5.27. The van der Waals surface area contributed by atoms with Crippen molar-refractivity contribution in [1.29, 1.82) is 0 Å². The summed E-state index contributed by atoms with van der Waals surface area (Å²) in [5.74, 6) is 0.140. The molecule has 1 aliphatic rings. The maximum atomic E-state index is 11.6. The third kappa shape index (κ3) is 2.23. The van der Waals surface area contributed by atoms with Crippen LogP contribution in [0.3, 0.4) is 0 Å². The molecule has 88 valence electrons. The van der Waals surface area contributed by atoms with Crippen molar-refractivity contribution in [3.63, 3.8) is 0 Å². The molecule has 1 aromatic rings. The maximum absolute atomic E-state index is 11.6. The fourth-order valence-electron chi connectivity index (χ4n) is 1.69. The van der Waals surface area contributed by atoms with Crippen molar-refractivity contribution >= 4 is 5.91 Å². The van der Waals surface area contributed by atoms with Crippen LogP contribution < -0.4 is 5.32 Å². The van der Waals surface area contributed by atoms with Crippen LogP contribution in [-0.2, 0) is 4.74 Å². The number of aliphatic hydroxyl groups is 1. The van der Waals surface area contributed by atoms with Crippen molar-refractivity contribution in [3.05, 3.63) is 17.8 Å². The lowest BCUT2D eigenvalue weighted by atomic mass is 10.1. The molecular weight excluding hydrogens is 212 g/mol. The molecule has 6 nitrogen and oxygen atoms in total. The highest BCUT2D eigenvalue weighted by molar-refractivity contribution is 5.93. The van der Waals surface area contributed by atoms with E-state index < -0.39 is 0 Å². The summed E-state index contributed by atoms with van der Waals surface area (Å²) in [5.41, 5.74) is 0.250. The van der Waals surface area contributed by atoms with E-state index in [0.29, 0.717) is 12.4 Å². The van der Waals surface area contributed by atoms with Crippen LogP contribution in [0.25, 0.3) is 0 Å². The molecule has 1 amide bonds. The van der Waals surface area contributed by atoms with Crippen LogP contribution in [0.4, 0.5) is 0 Å². The molecule has 1 saturated heterocycles. The zero-order valence-corrected chi connectivity index (χ0v) is 8.81. The lowest BCUT2D eigenvalue weighted by Crippen LogP contribution is -2.27. The van der Waals surface area contributed by atoms with Gasteiger partial charge in [-0.15, -0.1) is 0 Å². The van der Waals surface area contributed by atoms with Crippen molar-refractivity contribution < 1.29 is 19.1 Å². The number of carbonyl (C=O) groups excluding carboxylic acids is 1. The molecule has 0 spiro atoms. The molecule has 0 saturated carbocycles. The highest BCUT2D eigenvalue weighted by Crippen LogP contribution is 2.30. The molecule has 0 aromatic carbocycles. The maximum Gasteiger partial charge on any atom is 0.273 e. The van der Waals surface area contributed by atoms with Crippen LogP contribution in [-0.4, -0.2) is 35.8 Å². The minimum Gasteiger partial charge on any atom is -0.445 e. The molecule has 1 aromatic heterocycles. The number of rotatable bonds is 4. The first-order valence-corrected chi connectivity index (χ1v) is 5.27. The van der Waals surface area contributed by atoms with Gasteiger partial charge in [0, 0.05) is 13.2 Å². The van der Waals surface area contributed by atoms with Gasteiger partial charge in [-0.25, -0.2) is 4.98 Å². The number of nitrogens with zero attached hydrogens (tertiary/aromatic N) is 1. The minimum absolute atomic E-state index is 0.0984. The summed E-state index contributed by atoms with van der Waals surface area (Å²) in [6.07, 6.45) is 2.88. The molecule has 2 rings (SSSR count). The van der Waals surface area contributed by atoms with Gasteiger partial charge in [0.05, 0.1) is 6.61 Å². The number of oxazole rings is 1. The Morgan fingerprint density at radius 1 is 1.69 bits per heavy atom. The number of hydrogen-bond donors (Lipinski definition) is 2. The second-order valence-electron chi connectivity index (χ2n) is 3.55. The molecule has 0 aliphatic carbocycles. The van der Waals surface area contributed by atoms with Gasteiger partial charge in [0.2, 0.25) is 0 Å². The number of amides is 1. The van der Waals surface area contributed by atoms with Gasteiger partial charge in [-0.2, -0.15) is 0 Å². The molecule has 0 bridgehead atoms. The van der Waals surface area contributed by atoms with Crippen LogP contribution in [0, 0.1) is 0 Å². The molecule has 1 atom stereocenters. The van der Waals surface area contributed by atoms with Crippen LogP contribution in [0.5, 0.6) is 0 Å². The van der Waals surface area contributed by atoms with Gasteiger partial charge in [0.25, 0.3) is 5.91 Å². The average Bonchev–Trinajstić information content (AvgIpc) is 2.94. The van der Waals surface area contributed by atoms with Crippen molar-refractivity contribution in [2.45, 2.75) is 18.9 Å². The molecule has 1 aliphatic heterocycles. The number of hydrogen-bond acceptors (Lipinski definition) is 5. The predicted molar refractivity (Wildman–Crippen MR) is 53.8 cm³/mol. The Morgan fingerprint density at radius 3 is 3.25 bits per heavy atom. The number of aliphatic hydroxyl groups excluding tert-OH is 1. The fraction of sp³-hybridized carbons (Fsp3) is 0.600. The second-order valence-corrected chi connectivity index (χ2v) is 3.55. The lowest BCUT2D eigenvalue weighted by molar-refractivity contribution is 0.0857. The Hall–Kier alpha value is -1.40. The van der Waals surface area contributed by atoms with E-state index in [9.17, 15) is 4.79 Å². The van der Waals surface area contributed by atoms with E-state index in [1.807, 2.05) is 0 Å². The van der Waals surface area contributed by atoms with E-state index in [-0.39, 0.29) is 30.9 Å². The predicted octanol–water partition coefficient (Wildman–Crippen LogP) is 0.248. The minimum atomic E-state index is -0.340. The van der Waals surface area contributed by atoms with Gasteiger partial charge in [-0.3, -0.25) is 4.79 Å². The molecule has 1 unspecified atom stereocenters. The average molecular weight is 226 g/mol. The number of aromatic nitrogens is 1. The molecule has 0 radical (unpaired) electrons. The quantitative estimate of drug-likeness (QED) is 0.768. The van der Waals surface area contributed by atoms with Gasteiger partial charge in [0.15, 0.2) is 17.8 Å². The summed E-state index contributed by atoms with van der Waals surface area (Å²) in [4.78, 5) is 15.5. The van der Waals surface area contributed by atoms with Crippen molar-refractivity contribution in [1.82, 2.24) is 10.3 Å². The van der Waals surface area contributed by atoms with E-state index >= 15 is 0 Å². The standard InChI is InChI=1S/C10H14N2O4/c13-4-3-11-10(14)8-9(16-6-12-8)7-2-1-5-15-7/h6-7,13H,1-5H2,(H,11,14). The summed E-state index contributed by atoms with van der Waals surface area (Å²) in [5, 5.41) is 11.1. The number of carbonyl (C=O) groups is 1. The highest BCUT2D eigenvalue weighted by atomic mass is 16.5. The third-order valence-corrected chi connectivity index (χ3v) is 2.43. The van der Waals surface area contributed by atoms with Crippen molar-refractivity contribution in [3.8, 4) is 0 Å². The van der Waals surface area contributed by atoms with Crippen molar-refractivity contribution in [2.75, 3.05) is 19.8 Å². The second kappa shape index (κ2) is 5.09. The Balaban J connectivity index is 2.08. The molecule has 16 heavy (non-hydrogen) atoms. The van der Waals surface area contributed by atoms with E-state index in [1.165, 1.54) is 6.39 Å². The largest absolute Gasteiger partial charge is 0.445 e.